The van der Waals surface area contributed by atoms with Crippen molar-refractivity contribution in [3.05, 3.63) is 118 Å². The molecule has 4 aromatic carbocycles. The van der Waals surface area contributed by atoms with E-state index < -0.39 is 35.6 Å². The number of carbonyl (C=O) groups is 6. The summed E-state index contributed by atoms with van der Waals surface area (Å²) in [6.45, 7) is 0. The standard InChI is InChI=1S/C30H16N2O9/c33-25-17-11-9-15(13-21(17)27(35)31(25)23-7-3-1-5-19(23)29(37)38)41-16-10-12-18-22(14-16)28(36)32(26(18)34)24-8-4-2-6-20(24)30(39)40/h1-14H,(H,37,38)(H,39,40). The van der Waals surface area contributed by atoms with Crippen LogP contribution in [0.3, 0.4) is 0 Å². The second-order valence-electron chi connectivity index (χ2n) is 9.05. The first-order chi connectivity index (χ1) is 19.7. The third-order valence-electron chi connectivity index (χ3n) is 6.70. The number of hydrogen-bond acceptors (Lipinski definition) is 7. The maximum Gasteiger partial charge on any atom is 0.337 e. The summed E-state index contributed by atoms with van der Waals surface area (Å²) in [6, 6.07) is 19.6. The van der Waals surface area contributed by atoms with Crippen molar-refractivity contribution in [2.75, 3.05) is 9.80 Å². The molecule has 11 nitrogen and oxygen atoms in total. The Labute approximate surface area is 230 Å². The smallest absolute Gasteiger partial charge is 0.337 e. The first-order valence-electron chi connectivity index (χ1n) is 12.1. The minimum Gasteiger partial charge on any atom is -0.478 e. The van der Waals surface area contributed by atoms with Crippen molar-refractivity contribution in [3.63, 3.8) is 0 Å². The lowest BCUT2D eigenvalue weighted by atomic mass is 10.1. The SMILES string of the molecule is O=C(O)c1ccccc1N1C(=O)c2ccc(Oc3ccc4c(c3)C(=O)N(c3ccccc3C(=O)O)C4=O)cc2C1=O. The molecular formula is C30H16N2O9. The fourth-order valence-corrected chi connectivity index (χ4v) is 4.84. The Morgan fingerprint density at radius 3 is 1.27 bits per heavy atom. The molecule has 2 N–H and O–H groups in total. The van der Waals surface area contributed by atoms with Crippen LogP contribution in [0.1, 0.15) is 62.1 Å². The Morgan fingerprint density at radius 1 is 0.512 bits per heavy atom. The van der Waals surface area contributed by atoms with E-state index in [-0.39, 0.29) is 56.3 Å². The summed E-state index contributed by atoms with van der Waals surface area (Å²) in [6.07, 6.45) is 0. The molecule has 0 atom stereocenters. The first-order valence-corrected chi connectivity index (χ1v) is 12.1. The monoisotopic (exact) mass is 548 g/mol. The Morgan fingerprint density at radius 2 is 0.878 bits per heavy atom. The van der Waals surface area contributed by atoms with E-state index in [0.717, 1.165) is 9.80 Å². The van der Waals surface area contributed by atoms with E-state index >= 15 is 0 Å². The highest BCUT2D eigenvalue weighted by Gasteiger charge is 2.40. The van der Waals surface area contributed by atoms with Crippen LogP contribution in [0.5, 0.6) is 11.5 Å². The van der Waals surface area contributed by atoms with E-state index in [1.165, 1.54) is 84.9 Å². The van der Waals surface area contributed by atoms with Crippen LogP contribution in [0.15, 0.2) is 84.9 Å². The molecule has 0 unspecified atom stereocenters. The van der Waals surface area contributed by atoms with Gasteiger partial charge in [0.2, 0.25) is 0 Å². The molecule has 0 saturated heterocycles. The number of amides is 4. The molecule has 0 aliphatic carbocycles. The van der Waals surface area contributed by atoms with Gasteiger partial charge in [-0.25, -0.2) is 19.4 Å². The topological polar surface area (TPSA) is 159 Å². The molecule has 0 fully saturated rings. The van der Waals surface area contributed by atoms with Crippen molar-refractivity contribution in [1.29, 1.82) is 0 Å². The number of para-hydroxylation sites is 2. The van der Waals surface area contributed by atoms with Gasteiger partial charge in [0.1, 0.15) is 11.5 Å². The molecule has 0 saturated carbocycles. The number of anilines is 2. The molecule has 2 aliphatic heterocycles. The van der Waals surface area contributed by atoms with E-state index in [1.807, 2.05) is 0 Å². The van der Waals surface area contributed by atoms with Crippen molar-refractivity contribution in [3.8, 4) is 11.5 Å². The third kappa shape index (κ3) is 3.91. The van der Waals surface area contributed by atoms with E-state index in [4.69, 9.17) is 4.74 Å². The van der Waals surface area contributed by atoms with Crippen molar-refractivity contribution in [2.45, 2.75) is 0 Å². The van der Waals surface area contributed by atoms with E-state index in [0.29, 0.717) is 0 Å². The van der Waals surface area contributed by atoms with Crippen molar-refractivity contribution in [1.82, 2.24) is 0 Å². The number of carboxylic acids is 2. The van der Waals surface area contributed by atoms with Crippen molar-refractivity contribution in [2.24, 2.45) is 0 Å². The van der Waals surface area contributed by atoms with Crippen molar-refractivity contribution >= 4 is 46.9 Å². The summed E-state index contributed by atoms with van der Waals surface area (Å²) >= 11 is 0. The number of ether oxygens (including phenoxy) is 1. The fourth-order valence-electron chi connectivity index (χ4n) is 4.84. The lowest BCUT2D eigenvalue weighted by Crippen LogP contribution is -2.30. The number of fused-ring (bicyclic) bond motifs is 2. The predicted octanol–water partition coefficient (Wildman–Crippen LogP) is 4.48. The van der Waals surface area contributed by atoms with Gasteiger partial charge in [-0.3, -0.25) is 19.2 Å². The van der Waals surface area contributed by atoms with Gasteiger partial charge in [0, 0.05) is 0 Å². The summed E-state index contributed by atoms with van der Waals surface area (Å²) in [5, 5.41) is 19.0. The van der Waals surface area contributed by atoms with Gasteiger partial charge in [-0.15, -0.1) is 0 Å². The minimum atomic E-state index is -1.30. The summed E-state index contributed by atoms with van der Waals surface area (Å²) < 4.78 is 5.85. The van der Waals surface area contributed by atoms with Crippen LogP contribution < -0.4 is 14.5 Å². The lowest BCUT2D eigenvalue weighted by molar-refractivity contribution is 0.0686. The fraction of sp³-hybridized carbons (Fsp3) is 0. The second kappa shape index (κ2) is 9.27. The van der Waals surface area contributed by atoms with Gasteiger partial charge in [0.25, 0.3) is 23.6 Å². The Bertz CT molecular complexity index is 1740. The molecule has 41 heavy (non-hydrogen) atoms. The number of benzene rings is 4. The minimum absolute atomic E-state index is 0.00319. The highest BCUT2D eigenvalue weighted by molar-refractivity contribution is 6.36. The highest BCUT2D eigenvalue weighted by Crippen LogP contribution is 2.36. The van der Waals surface area contributed by atoms with Crippen LogP contribution >= 0.6 is 0 Å². The molecule has 0 radical (unpaired) electrons. The molecule has 4 aromatic rings. The van der Waals surface area contributed by atoms with Crippen LogP contribution in [-0.2, 0) is 0 Å². The largest absolute Gasteiger partial charge is 0.478 e. The molecule has 11 heteroatoms. The summed E-state index contributed by atoms with van der Waals surface area (Å²) in [4.78, 5) is 77.3. The molecule has 0 spiro atoms. The van der Waals surface area contributed by atoms with E-state index in [9.17, 15) is 39.0 Å². The Hall–Kier alpha value is -6.10. The van der Waals surface area contributed by atoms with Gasteiger partial charge < -0.3 is 14.9 Å². The van der Waals surface area contributed by atoms with E-state index in [2.05, 4.69) is 0 Å². The highest BCUT2D eigenvalue weighted by atomic mass is 16.5. The van der Waals surface area contributed by atoms with Gasteiger partial charge in [0.15, 0.2) is 0 Å². The first kappa shape index (κ1) is 25.2. The van der Waals surface area contributed by atoms with Crippen LogP contribution in [0.2, 0.25) is 0 Å². The number of imide groups is 2. The average Bonchev–Trinajstić information content (AvgIpc) is 3.36. The molecule has 2 heterocycles. The molecule has 4 amide bonds. The van der Waals surface area contributed by atoms with E-state index in [1.54, 1.807) is 0 Å². The molecule has 200 valence electrons. The number of aromatic carboxylic acids is 2. The normalized spacial score (nSPS) is 13.9. The third-order valence-corrected chi connectivity index (χ3v) is 6.70. The maximum absolute atomic E-state index is 13.2. The van der Waals surface area contributed by atoms with Gasteiger partial charge >= 0.3 is 11.9 Å². The van der Waals surface area contributed by atoms with Crippen LogP contribution in [0.4, 0.5) is 11.4 Å². The van der Waals surface area contributed by atoms with Gasteiger partial charge in [0.05, 0.1) is 44.8 Å². The Kier molecular flexibility index (Phi) is 5.70. The van der Waals surface area contributed by atoms with Gasteiger partial charge in [-0.1, -0.05) is 24.3 Å². The number of hydrogen-bond donors (Lipinski definition) is 2. The molecule has 6 rings (SSSR count). The number of nitrogens with zero attached hydrogens (tertiary/aromatic N) is 2. The van der Waals surface area contributed by atoms with Crippen LogP contribution in [0, 0.1) is 0 Å². The molecule has 0 bridgehead atoms. The van der Waals surface area contributed by atoms with Crippen LogP contribution in [0.25, 0.3) is 0 Å². The quantitative estimate of drug-likeness (QED) is 0.331. The molecular weight excluding hydrogens is 532 g/mol. The molecule has 0 aromatic heterocycles. The zero-order valence-corrected chi connectivity index (χ0v) is 20.7. The zero-order valence-electron chi connectivity index (χ0n) is 20.7. The average molecular weight is 548 g/mol. The maximum atomic E-state index is 13.2. The van der Waals surface area contributed by atoms with Crippen molar-refractivity contribution < 1.29 is 43.7 Å². The van der Waals surface area contributed by atoms with Crippen LogP contribution in [-0.4, -0.2) is 45.8 Å². The lowest BCUT2D eigenvalue weighted by Gasteiger charge is -2.16. The summed E-state index contributed by atoms with van der Waals surface area (Å²) in [7, 11) is 0. The zero-order chi connectivity index (χ0) is 29.0. The Balaban J connectivity index is 1.30. The number of carbonyl (C=O) groups excluding carboxylic acids is 4. The molecule has 2 aliphatic rings. The predicted molar refractivity (Wildman–Crippen MR) is 142 cm³/mol. The summed E-state index contributed by atoms with van der Waals surface area (Å²) in [5.74, 6) is -5.14. The number of carboxylic acid groups (broad SMARTS) is 2. The summed E-state index contributed by atoms with van der Waals surface area (Å²) in [5.41, 5.74) is -0.441. The number of rotatable bonds is 6. The van der Waals surface area contributed by atoms with Gasteiger partial charge in [-0.2, -0.15) is 0 Å². The van der Waals surface area contributed by atoms with Gasteiger partial charge in [-0.05, 0) is 60.7 Å². The second-order valence-corrected chi connectivity index (χ2v) is 9.05.